The molecule has 0 amide bonds. The second-order valence-corrected chi connectivity index (χ2v) is 3.62. The van der Waals surface area contributed by atoms with Crippen molar-refractivity contribution < 1.29 is 23.8 Å². The molecule has 0 N–H and O–H groups in total. The average molecular weight is 232 g/mol. The van der Waals surface area contributed by atoms with Gasteiger partial charge in [-0.1, -0.05) is 13.8 Å². The molecule has 0 bridgehead atoms. The van der Waals surface area contributed by atoms with Crippen molar-refractivity contribution in [2.24, 2.45) is 5.92 Å². The van der Waals surface area contributed by atoms with Crippen LogP contribution in [0.1, 0.15) is 20.3 Å². The first kappa shape index (κ1) is 15.1. The van der Waals surface area contributed by atoms with Crippen LogP contribution in [0.4, 0.5) is 0 Å². The van der Waals surface area contributed by atoms with E-state index in [4.69, 9.17) is 14.2 Å². The van der Waals surface area contributed by atoms with Crippen molar-refractivity contribution in [2.45, 2.75) is 20.3 Å². The summed E-state index contributed by atoms with van der Waals surface area (Å²) >= 11 is 0. The van der Waals surface area contributed by atoms with Crippen LogP contribution in [0.2, 0.25) is 0 Å². The van der Waals surface area contributed by atoms with Gasteiger partial charge < -0.3 is 14.2 Å². The molecule has 94 valence electrons. The van der Waals surface area contributed by atoms with Gasteiger partial charge in [0.25, 0.3) is 0 Å². The molecule has 0 spiro atoms. The standard InChI is InChI=1S/C11H20O5/c1-9(2)10(12)8-11(13)16-7-6-15-5-4-14-3/h9H,4-8H2,1-3H3. The van der Waals surface area contributed by atoms with E-state index in [-0.39, 0.29) is 24.7 Å². The van der Waals surface area contributed by atoms with E-state index in [2.05, 4.69) is 0 Å². The molecule has 0 heterocycles. The SMILES string of the molecule is COCCOCCOC(=O)CC(=O)C(C)C. The first-order valence-electron chi connectivity index (χ1n) is 5.33. The maximum Gasteiger partial charge on any atom is 0.313 e. The molecule has 16 heavy (non-hydrogen) atoms. The van der Waals surface area contributed by atoms with E-state index >= 15 is 0 Å². The maximum atomic E-state index is 11.2. The number of hydrogen-bond donors (Lipinski definition) is 0. The summed E-state index contributed by atoms with van der Waals surface area (Å²) in [5.74, 6) is -0.732. The van der Waals surface area contributed by atoms with Crippen molar-refractivity contribution in [1.29, 1.82) is 0 Å². The van der Waals surface area contributed by atoms with E-state index in [0.29, 0.717) is 19.8 Å². The molecule has 0 radical (unpaired) electrons. The van der Waals surface area contributed by atoms with Crippen LogP contribution in [-0.2, 0) is 23.8 Å². The van der Waals surface area contributed by atoms with E-state index in [1.54, 1.807) is 21.0 Å². The number of ketones is 1. The third kappa shape index (κ3) is 8.38. The van der Waals surface area contributed by atoms with Crippen molar-refractivity contribution in [3.63, 3.8) is 0 Å². The first-order valence-corrected chi connectivity index (χ1v) is 5.33. The largest absolute Gasteiger partial charge is 0.463 e. The number of methoxy groups -OCH3 is 1. The second-order valence-electron chi connectivity index (χ2n) is 3.62. The second kappa shape index (κ2) is 9.30. The Hall–Kier alpha value is -0.940. The molecule has 5 heteroatoms. The Morgan fingerprint density at radius 3 is 2.25 bits per heavy atom. The molecule has 5 nitrogen and oxygen atoms in total. The predicted octanol–water partition coefficient (Wildman–Crippen LogP) is 0.808. The first-order chi connectivity index (χ1) is 7.57. The molecule has 0 rings (SSSR count). The van der Waals surface area contributed by atoms with Crippen molar-refractivity contribution in [3.05, 3.63) is 0 Å². The fourth-order valence-corrected chi connectivity index (χ4v) is 0.856. The van der Waals surface area contributed by atoms with Gasteiger partial charge in [-0.3, -0.25) is 9.59 Å². The topological polar surface area (TPSA) is 61.8 Å². The summed E-state index contributed by atoms with van der Waals surface area (Å²) in [7, 11) is 1.58. The Morgan fingerprint density at radius 2 is 1.69 bits per heavy atom. The van der Waals surface area contributed by atoms with Crippen LogP contribution in [0.5, 0.6) is 0 Å². The third-order valence-electron chi connectivity index (χ3n) is 1.89. The Kier molecular flexibility index (Phi) is 8.75. The van der Waals surface area contributed by atoms with Crippen molar-refractivity contribution in [3.8, 4) is 0 Å². The fraction of sp³-hybridized carbons (Fsp3) is 0.818. The quantitative estimate of drug-likeness (QED) is 0.334. The average Bonchev–Trinajstić information content (AvgIpc) is 2.23. The summed E-state index contributed by atoms with van der Waals surface area (Å²) in [6.45, 7) is 4.99. The van der Waals surface area contributed by atoms with Crippen LogP contribution < -0.4 is 0 Å². The molecule has 0 aliphatic heterocycles. The zero-order valence-corrected chi connectivity index (χ0v) is 10.2. The smallest absolute Gasteiger partial charge is 0.313 e. The van der Waals surface area contributed by atoms with Gasteiger partial charge in [0.05, 0.1) is 19.8 Å². The Balaban J connectivity index is 3.41. The van der Waals surface area contributed by atoms with Crippen LogP contribution in [0, 0.1) is 5.92 Å². The molecule has 0 aromatic heterocycles. The van der Waals surface area contributed by atoms with Crippen molar-refractivity contribution >= 4 is 11.8 Å². The third-order valence-corrected chi connectivity index (χ3v) is 1.89. The minimum atomic E-state index is -0.492. The minimum Gasteiger partial charge on any atom is -0.463 e. The summed E-state index contributed by atoms with van der Waals surface area (Å²) in [4.78, 5) is 22.3. The molecule has 0 aromatic rings. The van der Waals surface area contributed by atoms with Gasteiger partial charge in [-0.2, -0.15) is 0 Å². The van der Waals surface area contributed by atoms with Crippen LogP contribution in [-0.4, -0.2) is 45.3 Å². The summed E-state index contributed by atoms with van der Waals surface area (Å²) in [5, 5.41) is 0. The normalized spacial score (nSPS) is 10.5. The van der Waals surface area contributed by atoms with Crippen LogP contribution >= 0.6 is 0 Å². The molecule has 0 aliphatic carbocycles. The van der Waals surface area contributed by atoms with E-state index in [1.807, 2.05) is 0 Å². The van der Waals surface area contributed by atoms with Crippen LogP contribution in [0.25, 0.3) is 0 Å². The highest BCUT2D eigenvalue weighted by Crippen LogP contribution is 1.99. The zero-order valence-electron chi connectivity index (χ0n) is 10.2. The highest BCUT2D eigenvalue weighted by molar-refractivity contribution is 5.96. The summed E-state index contributed by atoms with van der Waals surface area (Å²) < 4.78 is 14.7. The Labute approximate surface area is 96.1 Å². The van der Waals surface area contributed by atoms with Crippen molar-refractivity contribution in [2.75, 3.05) is 33.5 Å². The lowest BCUT2D eigenvalue weighted by Crippen LogP contribution is -2.17. The number of Topliss-reactive ketones (excluding diaryl/α,β-unsaturated/α-hetero) is 1. The van der Waals surface area contributed by atoms with Gasteiger partial charge in [0, 0.05) is 13.0 Å². The van der Waals surface area contributed by atoms with Gasteiger partial charge in [0.2, 0.25) is 0 Å². The molecule has 0 atom stereocenters. The Morgan fingerprint density at radius 1 is 1.06 bits per heavy atom. The van der Waals surface area contributed by atoms with Crippen molar-refractivity contribution in [1.82, 2.24) is 0 Å². The van der Waals surface area contributed by atoms with Gasteiger partial charge in [-0.05, 0) is 0 Å². The maximum absolute atomic E-state index is 11.2. The monoisotopic (exact) mass is 232 g/mol. The minimum absolute atomic E-state index is 0.106. The molecular weight excluding hydrogens is 212 g/mol. The van der Waals surface area contributed by atoms with E-state index in [9.17, 15) is 9.59 Å². The van der Waals surface area contributed by atoms with Gasteiger partial charge in [-0.15, -0.1) is 0 Å². The van der Waals surface area contributed by atoms with Crippen LogP contribution in [0.15, 0.2) is 0 Å². The highest BCUT2D eigenvalue weighted by atomic mass is 16.6. The van der Waals surface area contributed by atoms with E-state index in [1.165, 1.54) is 0 Å². The predicted molar refractivity (Wildman–Crippen MR) is 58.1 cm³/mol. The van der Waals surface area contributed by atoms with Gasteiger partial charge >= 0.3 is 5.97 Å². The Bertz CT molecular complexity index is 212. The number of esters is 1. The van der Waals surface area contributed by atoms with Gasteiger partial charge in [0.15, 0.2) is 0 Å². The molecule has 0 unspecified atom stereocenters. The summed E-state index contributed by atoms with van der Waals surface area (Å²) in [6.07, 6.45) is -0.157. The van der Waals surface area contributed by atoms with E-state index < -0.39 is 5.97 Å². The lowest BCUT2D eigenvalue weighted by atomic mass is 10.1. The molecular formula is C11H20O5. The summed E-state index contributed by atoms with van der Waals surface area (Å²) in [6, 6.07) is 0. The lowest BCUT2D eigenvalue weighted by molar-refractivity contribution is -0.148. The van der Waals surface area contributed by atoms with E-state index in [0.717, 1.165) is 0 Å². The highest BCUT2D eigenvalue weighted by Gasteiger charge is 2.13. The molecule has 0 aromatic carbocycles. The summed E-state index contributed by atoms with van der Waals surface area (Å²) in [5.41, 5.74) is 0. The van der Waals surface area contributed by atoms with Crippen LogP contribution in [0.3, 0.4) is 0 Å². The zero-order chi connectivity index (χ0) is 12.4. The number of ether oxygens (including phenoxy) is 3. The lowest BCUT2D eigenvalue weighted by Gasteiger charge is -2.06. The molecule has 0 saturated carbocycles. The number of carbonyl (C=O) groups excluding carboxylic acids is 2. The molecule has 0 saturated heterocycles. The number of rotatable bonds is 9. The number of carbonyl (C=O) groups is 2. The van der Waals surface area contributed by atoms with Gasteiger partial charge in [0.1, 0.15) is 18.8 Å². The fourth-order valence-electron chi connectivity index (χ4n) is 0.856. The number of hydrogen-bond acceptors (Lipinski definition) is 5. The molecule has 0 aliphatic rings. The van der Waals surface area contributed by atoms with Gasteiger partial charge in [-0.25, -0.2) is 0 Å². The molecule has 0 fully saturated rings.